The molecule has 2 heterocycles. The molecule has 138 valence electrons. The van der Waals surface area contributed by atoms with Crippen molar-refractivity contribution in [3.8, 4) is 11.5 Å². The Labute approximate surface area is 158 Å². The van der Waals surface area contributed by atoms with Crippen LogP contribution in [0.1, 0.15) is 49.8 Å². The van der Waals surface area contributed by atoms with E-state index in [2.05, 4.69) is 16.4 Å². The number of nitrogens with zero attached hydrogens (tertiary/aromatic N) is 1. The molecule has 0 spiro atoms. The molecular weight excluding hydrogens is 340 g/mol. The first-order valence-corrected chi connectivity index (χ1v) is 9.63. The number of rotatable bonds is 4. The highest BCUT2D eigenvalue weighted by molar-refractivity contribution is 6.01. The van der Waals surface area contributed by atoms with E-state index in [0.717, 1.165) is 48.4 Å². The Morgan fingerprint density at radius 2 is 1.96 bits per heavy atom. The summed E-state index contributed by atoms with van der Waals surface area (Å²) in [6.45, 7) is 0.241. The van der Waals surface area contributed by atoms with Crippen LogP contribution in [0.2, 0.25) is 0 Å². The normalized spacial score (nSPS) is 19.3. The van der Waals surface area contributed by atoms with Gasteiger partial charge in [0.15, 0.2) is 11.5 Å². The zero-order valence-corrected chi connectivity index (χ0v) is 15.2. The number of allylic oxidation sites excluding steroid dienone is 2. The predicted octanol–water partition coefficient (Wildman–Crippen LogP) is 4.44. The predicted molar refractivity (Wildman–Crippen MR) is 103 cm³/mol. The van der Waals surface area contributed by atoms with Gasteiger partial charge < -0.3 is 14.8 Å². The Morgan fingerprint density at radius 1 is 1.07 bits per heavy atom. The standard InChI is InChI=1S/C22H22N2O3/c25-21(22(11-12-22)16-9-10-18-19(13-16)27-14-26-18)24-20-8-4-7-17(23-20)15-5-2-1-3-6-15/h4-5,7-10,13H,1-3,6,11-12,14H2,(H,23,24,25). The molecule has 1 fully saturated rings. The molecule has 2 aliphatic carbocycles. The molecule has 2 aromatic rings. The van der Waals surface area contributed by atoms with Crippen LogP contribution in [0.3, 0.4) is 0 Å². The van der Waals surface area contributed by atoms with Gasteiger partial charge in [-0.15, -0.1) is 0 Å². The summed E-state index contributed by atoms with van der Waals surface area (Å²) in [7, 11) is 0. The van der Waals surface area contributed by atoms with Gasteiger partial charge in [0.2, 0.25) is 12.7 Å². The number of anilines is 1. The Hall–Kier alpha value is -2.82. The number of fused-ring (bicyclic) bond motifs is 1. The zero-order valence-electron chi connectivity index (χ0n) is 15.2. The Morgan fingerprint density at radius 3 is 2.78 bits per heavy atom. The number of hydrogen-bond donors (Lipinski definition) is 1. The summed E-state index contributed by atoms with van der Waals surface area (Å²) in [6.07, 6.45) is 8.57. The van der Waals surface area contributed by atoms with Crippen molar-refractivity contribution in [1.82, 2.24) is 4.98 Å². The van der Waals surface area contributed by atoms with Crippen LogP contribution in [-0.2, 0) is 10.2 Å². The maximum Gasteiger partial charge on any atom is 0.236 e. The van der Waals surface area contributed by atoms with Crippen LogP contribution in [0.15, 0.2) is 42.5 Å². The van der Waals surface area contributed by atoms with Crippen molar-refractivity contribution in [2.75, 3.05) is 12.1 Å². The van der Waals surface area contributed by atoms with Gasteiger partial charge in [-0.05, 0) is 73.9 Å². The highest BCUT2D eigenvalue weighted by Crippen LogP contribution is 2.51. The lowest BCUT2D eigenvalue weighted by Crippen LogP contribution is -2.28. The third-order valence-electron chi connectivity index (χ3n) is 5.72. The van der Waals surface area contributed by atoms with Crippen molar-refractivity contribution in [3.05, 3.63) is 53.7 Å². The molecule has 27 heavy (non-hydrogen) atoms. The van der Waals surface area contributed by atoms with Crippen LogP contribution in [-0.4, -0.2) is 17.7 Å². The second kappa shape index (κ2) is 6.41. The average Bonchev–Trinajstić information content (AvgIpc) is 3.40. The minimum atomic E-state index is -0.483. The molecule has 5 heteroatoms. The van der Waals surface area contributed by atoms with E-state index in [-0.39, 0.29) is 12.7 Å². The van der Waals surface area contributed by atoms with Crippen molar-refractivity contribution in [2.45, 2.75) is 43.9 Å². The average molecular weight is 362 g/mol. The number of carbonyl (C=O) groups excluding carboxylic acids is 1. The topological polar surface area (TPSA) is 60.5 Å². The molecule has 1 aromatic carbocycles. The van der Waals surface area contributed by atoms with Gasteiger partial charge in [0, 0.05) is 0 Å². The first kappa shape index (κ1) is 16.4. The number of aromatic nitrogens is 1. The van der Waals surface area contributed by atoms with Gasteiger partial charge in [-0.3, -0.25) is 4.79 Å². The fraction of sp³-hybridized carbons (Fsp3) is 0.364. The van der Waals surface area contributed by atoms with Gasteiger partial charge in [0.25, 0.3) is 0 Å². The molecule has 1 N–H and O–H groups in total. The first-order chi connectivity index (χ1) is 13.2. The first-order valence-electron chi connectivity index (χ1n) is 9.63. The van der Waals surface area contributed by atoms with Gasteiger partial charge in [0.1, 0.15) is 5.82 Å². The van der Waals surface area contributed by atoms with Crippen LogP contribution < -0.4 is 14.8 Å². The van der Waals surface area contributed by atoms with Gasteiger partial charge >= 0.3 is 0 Å². The molecule has 0 radical (unpaired) electrons. The molecule has 0 saturated heterocycles. The van der Waals surface area contributed by atoms with E-state index in [9.17, 15) is 4.79 Å². The van der Waals surface area contributed by atoms with Crippen molar-refractivity contribution < 1.29 is 14.3 Å². The summed E-state index contributed by atoms with van der Waals surface area (Å²) in [4.78, 5) is 17.7. The van der Waals surface area contributed by atoms with Gasteiger partial charge in [-0.1, -0.05) is 18.2 Å². The molecule has 1 amide bonds. The molecule has 5 nitrogen and oxygen atoms in total. The van der Waals surface area contributed by atoms with Crippen LogP contribution in [0, 0.1) is 0 Å². The highest BCUT2D eigenvalue weighted by Gasteiger charge is 2.51. The monoisotopic (exact) mass is 362 g/mol. The van der Waals surface area contributed by atoms with E-state index in [1.54, 1.807) is 0 Å². The Balaban J connectivity index is 1.37. The highest BCUT2D eigenvalue weighted by atomic mass is 16.7. The summed E-state index contributed by atoms with van der Waals surface area (Å²) < 4.78 is 10.8. The van der Waals surface area contributed by atoms with Crippen molar-refractivity contribution in [1.29, 1.82) is 0 Å². The van der Waals surface area contributed by atoms with Crippen molar-refractivity contribution in [3.63, 3.8) is 0 Å². The zero-order chi connectivity index (χ0) is 18.3. The lowest BCUT2D eigenvalue weighted by molar-refractivity contribution is -0.118. The number of pyridine rings is 1. The Bertz CT molecular complexity index is 931. The lowest BCUT2D eigenvalue weighted by Gasteiger charge is -2.17. The van der Waals surface area contributed by atoms with Crippen molar-refractivity contribution in [2.24, 2.45) is 0 Å². The minimum absolute atomic E-state index is 0.00337. The number of amides is 1. The van der Waals surface area contributed by atoms with E-state index >= 15 is 0 Å². The Kier molecular flexibility index (Phi) is 3.88. The third-order valence-corrected chi connectivity index (χ3v) is 5.72. The van der Waals surface area contributed by atoms with Crippen molar-refractivity contribution >= 4 is 17.3 Å². The maximum absolute atomic E-state index is 13.0. The summed E-state index contributed by atoms with van der Waals surface area (Å²) in [5.41, 5.74) is 2.76. The van der Waals surface area contributed by atoms with Crippen LogP contribution in [0.25, 0.3) is 5.57 Å². The van der Waals surface area contributed by atoms with E-state index in [1.165, 1.54) is 18.4 Å². The van der Waals surface area contributed by atoms with E-state index < -0.39 is 5.41 Å². The van der Waals surface area contributed by atoms with E-state index in [1.807, 2.05) is 36.4 Å². The quantitative estimate of drug-likeness (QED) is 0.874. The second-order valence-corrected chi connectivity index (χ2v) is 7.49. The largest absolute Gasteiger partial charge is 0.454 e. The third kappa shape index (κ3) is 2.97. The van der Waals surface area contributed by atoms with E-state index in [4.69, 9.17) is 9.47 Å². The molecule has 3 aliphatic rings. The molecule has 0 unspecified atom stereocenters. The fourth-order valence-electron chi connectivity index (χ4n) is 3.96. The molecule has 1 aromatic heterocycles. The number of nitrogens with one attached hydrogen (secondary N) is 1. The number of carbonyl (C=O) groups is 1. The van der Waals surface area contributed by atoms with E-state index in [0.29, 0.717) is 5.82 Å². The second-order valence-electron chi connectivity index (χ2n) is 7.49. The molecule has 5 rings (SSSR count). The molecule has 0 atom stereocenters. The maximum atomic E-state index is 13.0. The van der Waals surface area contributed by atoms with Gasteiger partial charge in [0.05, 0.1) is 11.1 Å². The van der Waals surface area contributed by atoms with Crippen LogP contribution >= 0.6 is 0 Å². The fourth-order valence-corrected chi connectivity index (χ4v) is 3.96. The van der Waals surface area contributed by atoms with Crippen LogP contribution in [0.4, 0.5) is 5.82 Å². The lowest BCUT2D eigenvalue weighted by atomic mass is 9.94. The number of benzene rings is 1. The molecular formula is C22H22N2O3. The summed E-state index contributed by atoms with van der Waals surface area (Å²) in [6, 6.07) is 11.6. The van der Waals surface area contributed by atoms with Gasteiger partial charge in [-0.2, -0.15) is 0 Å². The summed E-state index contributed by atoms with van der Waals surface area (Å²) >= 11 is 0. The molecule has 1 aliphatic heterocycles. The molecule has 0 bridgehead atoms. The smallest absolute Gasteiger partial charge is 0.236 e. The number of hydrogen-bond acceptors (Lipinski definition) is 4. The summed E-state index contributed by atoms with van der Waals surface area (Å²) in [5.74, 6) is 2.08. The SMILES string of the molecule is O=C(Nc1cccc(C2=CCCCC2)n1)C1(c2ccc3c(c2)OCO3)CC1. The van der Waals surface area contributed by atoms with Crippen LogP contribution in [0.5, 0.6) is 11.5 Å². The molecule has 1 saturated carbocycles. The number of ether oxygens (including phenoxy) is 2. The summed E-state index contributed by atoms with van der Waals surface area (Å²) in [5, 5.41) is 3.04. The minimum Gasteiger partial charge on any atom is -0.454 e. The van der Waals surface area contributed by atoms with Gasteiger partial charge in [-0.25, -0.2) is 4.98 Å².